The summed E-state index contributed by atoms with van der Waals surface area (Å²) in [5.74, 6) is -0.672. The third-order valence-corrected chi connectivity index (χ3v) is 5.79. The van der Waals surface area contributed by atoms with Gasteiger partial charge in [0.25, 0.3) is 5.91 Å². The topological polar surface area (TPSA) is 69.7 Å². The van der Waals surface area contributed by atoms with Crippen molar-refractivity contribution in [1.29, 1.82) is 0 Å². The second-order valence-electron chi connectivity index (χ2n) is 8.27. The highest BCUT2D eigenvalue weighted by atomic mass is 35.5. The summed E-state index contributed by atoms with van der Waals surface area (Å²) in [6, 6.07) is 4.47. The second-order valence-corrected chi connectivity index (χ2v) is 8.68. The van der Waals surface area contributed by atoms with Gasteiger partial charge in [-0.05, 0) is 58.9 Å². The Morgan fingerprint density at radius 1 is 1.19 bits per heavy atom. The van der Waals surface area contributed by atoms with Crippen LogP contribution in [0.2, 0.25) is 5.02 Å². The molecule has 3 rings (SSSR count). The highest BCUT2D eigenvalue weighted by Gasteiger charge is 2.52. The van der Waals surface area contributed by atoms with Gasteiger partial charge < -0.3 is 19.4 Å². The molecule has 0 unspecified atom stereocenters. The SMILES string of the molecule is CCOc1cc(C(=O)Nc2cc(C(F)(F)F)ccn2)c(Cl)cc1B1OC(C)(C)C(C)(C)O1. The van der Waals surface area contributed by atoms with Crippen LogP contribution in [0, 0.1) is 0 Å². The van der Waals surface area contributed by atoms with Crippen LogP contribution in [0.25, 0.3) is 0 Å². The first-order chi connectivity index (χ1) is 14.7. The number of carbonyl (C=O) groups excluding carboxylic acids is 1. The van der Waals surface area contributed by atoms with E-state index in [1.54, 1.807) is 6.92 Å². The maximum Gasteiger partial charge on any atom is 0.498 e. The number of amides is 1. The van der Waals surface area contributed by atoms with Crippen LogP contribution in [-0.2, 0) is 15.5 Å². The van der Waals surface area contributed by atoms with E-state index in [0.29, 0.717) is 17.8 Å². The molecule has 0 radical (unpaired) electrons. The maximum atomic E-state index is 12.9. The Morgan fingerprint density at radius 2 is 1.81 bits per heavy atom. The number of anilines is 1. The zero-order valence-electron chi connectivity index (χ0n) is 18.3. The number of ether oxygens (including phenoxy) is 1. The number of hydrogen-bond acceptors (Lipinski definition) is 5. The quantitative estimate of drug-likeness (QED) is 0.641. The summed E-state index contributed by atoms with van der Waals surface area (Å²) in [6.45, 7) is 9.68. The lowest BCUT2D eigenvalue weighted by molar-refractivity contribution is -0.137. The van der Waals surface area contributed by atoms with E-state index in [1.165, 1.54) is 12.1 Å². The highest BCUT2D eigenvalue weighted by Crippen LogP contribution is 2.38. The van der Waals surface area contributed by atoms with Crippen LogP contribution >= 0.6 is 11.6 Å². The van der Waals surface area contributed by atoms with Gasteiger partial charge in [0.2, 0.25) is 0 Å². The minimum atomic E-state index is -4.56. The molecule has 1 aromatic carbocycles. The Bertz CT molecular complexity index is 1010. The summed E-state index contributed by atoms with van der Waals surface area (Å²) < 4.78 is 56.6. The molecule has 1 aromatic heterocycles. The Balaban J connectivity index is 1.92. The molecule has 11 heteroatoms. The fraction of sp³-hybridized carbons (Fsp3) is 0.429. The van der Waals surface area contributed by atoms with E-state index in [1.807, 2.05) is 27.7 Å². The van der Waals surface area contributed by atoms with Crippen molar-refractivity contribution in [2.75, 3.05) is 11.9 Å². The molecule has 2 aromatic rings. The Kier molecular flexibility index (Phi) is 6.52. The van der Waals surface area contributed by atoms with Gasteiger partial charge in [0.15, 0.2) is 0 Å². The van der Waals surface area contributed by atoms with Gasteiger partial charge in [-0.2, -0.15) is 13.2 Å². The number of pyridine rings is 1. The number of benzene rings is 1. The van der Waals surface area contributed by atoms with Crippen LogP contribution in [0.4, 0.5) is 19.0 Å². The molecule has 1 amide bonds. The molecule has 2 heterocycles. The molecular formula is C21H23BClF3N2O4. The molecule has 32 heavy (non-hydrogen) atoms. The minimum Gasteiger partial charge on any atom is -0.494 e. The van der Waals surface area contributed by atoms with Gasteiger partial charge in [-0.1, -0.05) is 11.6 Å². The third kappa shape index (κ3) is 4.87. The van der Waals surface area contributed by atoms with E-state index in [-0.39, 0.29) is 16.4 Å². The van der Waals surface area contributed by atoms with Gasteiger partial charge in [0.1, 0.15) is 11.6 Å². The Hall–Kier alpha value is -2.30. The lowest BCUT2D eigenvalue weighted by Gasteiger charge is -2.32. The number of rotatable bonds is 5. The molecule has 1 aliphatic rings. The number of hydrogen-bond donors (Lipinski definition) is 1. The Labute approximate surface area is 189 Å². The third-order valence-electron chi connectivity index (χ3n) is 5.48. The van der Waals surface area contributed by atoms with E-state index in [4.69, 9.17) is 25.6 Å². The molecule has 0 saturated carbocycles. The van der Waals surface area contributed by atoms with Crippen molar-refractivity contribution in [1.82, 2.24) is 4.98 Å². The smallest absolute Gasteiger partial charge is 0.494 e. The van der Waals surface area contributed by atoms with Crippen LogP contribution in [-0.4, -0.2) is 35.8 Å². The average Bonchev–Trinajstić information content (AvgIpc) is 2.89. The van der Waals surface area contributed by atoms with E-state index in [2.05, 4.69) is 10.3 Å². The predicted octanol–water partition coefficient (Wildman–Crippen LogP) is 4.70. The van der Waals surface area contributed by atoms with Gasteiger partial charge in [-0.3, -0.25) is 4.79 Å². The zero-order chi connectivity index (χ0) is 23.9. The lowest BCUT2D eigenvalue weighted by atomic mass is 9.78. The van der Waals surface area contributed by atoms with Crippen molar-refractivity contribution in [3.05, 3.63) is 46.6 Å². The minimum absolute atomic E-state index is 0.00888. The van der Waals surface area contributed by atoms with Crippen molar-refractivity contribution in [3.63, 3.8) is 0 Å². The van der Waals surface area contributed by atoms with Crippen molar-refractivity contribution >= 4 is 35.9 Å². The lowest BCUT2D eigenvalue weighted by Crippen LogP contribution is -2.41. The first-order valence-electron chi connectivity index (χ1n) is 9.91. The van der Waals surface area contributed by atoms with E-state index >= 15 is 0 Å². The number of halogens is 4. The van der Waals surface area contributed by atoms with Crippen molar-refractivity contribution in [2.45, 2.75) is 52.0 Å². The number of aromatic nitrogens is 1. The molecule has 6 nitrogen and oxygen atoms in total. The van der Waals surface area contributed by atoms with Gasteiger partial charge in [-0.15, -0.1) is 0 Å². The molecule has 1 saturated heterocycles. The molecule has 0 atom stereocenters. The van der Waals surface area contributed by atoms with Crippen molar-refractivity contribution < 1.29 is 32.0 Å². The molecule has 0 aliphatic carbocycles. The van der Waals surface area contributed by atoms with Gasteiger partial charge in [-0.25, -0.2) is 4.98 Å². The van der Waals surface area contributed by atoms with E-state index in [9.17, 15) is 18.0 Å². The first kappa shape index (κ1) is 24.3. The summed E-state index contributed by atoms with van der Waals surface area (Å²) in [5, 5.41) is 2.40. The molecule has 1 N–H and O–H groups in total. The summed E-state index contributed by atoms with van der Waals surface area (Å²) in [5.41, 5.74) is -1.61. The monoisotopic (exact) mass is 470 g/mol. The number of carbonyl (C=O) groups is 1. The second kappa shape index (κ2) is 8.57. The summed E-state index contributed by atoms with van der Waals surface area (Å²) >= 11 is 6.36. The van der Waals surface area contributed by atoms with Crippen molar-refractivity contribution in [2.24, 2.45) is 0 Å². The first-order valence-corrected chi connectivity index (χ1v) is 10.3. The number of nitrogens with one attached hydrogen (secondary N) is 1. The molecule has 172 valence electrons. The van der Waals surface area contributed by atoms with Crippen LogP contribution < -0.4 is 15.5 Å². The largest absolute Gasteiger partial charge is 0.498 e. The number of nitrogens with zero attached hydrogens (tertiary/aromatic N) is 1. The van der Waals surface area contributed by atoms with Crippen LogP contribution in [0.1, 0.15) is 50.5 Å². The van der Waals surface area contributed by atoms with E-state index in [0.717, 1.165) is 18.3 Å². The fourth-order valence-corrected chi connectivity index (χ4v) is 3.29. The summed E-state index contributed by atoms with van der Waals surface area (Å²) in [7, 11) is -0.777. The van der Waals surface area contributed by atoms with Crippen LogP contribution in [0.15, 0.2) is 30.5 Å². The molecule has 1 fully saturated rings. The fourth-order valence-electron chi connectivity index (χ4n) is 3.04. The summed E-state index contributed by atoms with van der Waals surface area (Å²) in [4.78, 5) is 16.5. The molecule has 0 spiro atoms. The molecule has 0 bridgehead atoms. The predicted molar refractivity (Wildman–Crippen MR) is 116 cm³/mol. The van der Waals surface area contributed by atoms with Gasteiger partial charge in [0, 0.05) is 11.7 Å². The average molecular weight is 471 g/mol. The zero-order valence-corrected chi connectivity index (χ0v) is 19.0. The van der Waals surface area contributed by atoms with Gasteiger partial charge >= 0.3 is 13.3 Å². The molecule has 1 aliphatic heterocycles. The van der Waals surface area contributed by atoms with E-state index < -0.39 is 36.0 Å². The maximum absolute atomic E-state index is 12.9. The highest BCUT2D eigenvalue weighted by molar-refractivity contribution is 6.63. The van der Waals surface area contributed by atoms with Crippen molar-refractivity contribution in [3.8, 4) is 5.75 Å². The van der Waals surface area contributed by atoms with Crippen LogP contribution in [0.3, 0.4) is 0 Å². The number of alkyl halides is 3. The molecular weight excluding hydrogens is 448 g/mol. The van der Waals surface area contributed by atoms with Gasteiger partial charge in [0.05, 0.1) is 34.0 Å². The normalized spacial score (nSPS) is 17.3. The summed E-state index contributed by atoms with van der Waals surface area (Å²) in [6.07, 6.45) is -3.60. The van der Waals surface area contributed by atoms with Crippen LogP contribution in [0.5, 0.6) is 5.75 Å². The Morgan fingerprint density at radius 3 is 2.38 bits per heavy atom. The standard InChI is InChI=1S/C21H23BClF3N2O4/c1-6-30-16-10-13(18(29)28-17-9-12(7-8-27-17)21(24,25)26)15(23)11-14(16)22-31-19(2,3)20(4,5)32-22/h7-11H,6H2,1-5H3,(H,27,28,29).